The average Bonchev–Trinajstić information content (AvgIpc) is 2.83. The van der Waals surface area contributed by atoms with Gasteiger partial charge in [0.2, 0.25) is 0 Å². The number of hydrogen-bond acceptors (Lipinski definition) is 4. The van der Waals surface area contributed by atoms with Gasteiger partial charge in [-0.25, -0.2) is 0 Å². The number of aryl methyl sites for hydroxylation is 12. The van der Waals surface area contributed by atoms with E-state index in [0.717, 1.165) is 67.5 Å². The molecular formula is C36H44HfO4. The molecule has 0 aliphatic rings. The standard InChI is InChI=1S/4C9H12O.Hf/c4*1-6-4-7(2)9(10)8(3)5-6;/h4*4-5,10H,1-3H3;/q;;;;+4/p-4. The molecule has 4 nitrogen and oxygen atoms in total. The second kappa shape index (κ2) is 12.1. The Morgan fingerprint density at radius 2 is 0.439 bits per heavy atom. The SMILES string of the molecule is Cc1cc(C)c([O][Hf]([O]c2c(C)cc(C)cc2C)([O]c2c(C)cc(C)cc2C)[O]c2c(C)cc(C)cc2C)c(C)c1. The third-order valence-corrected chi connectivity index (χ3v) is 13.9. The van der Waals surface area contributed by atoms with E-state index in [0.29, 0.717) is 0 Å². The Labute approximate surface area is 253 Å². The van der Waals surface area contributed by atoms with Gasteiger partial charge in [0.05, 0.1) is 0 Å². The molecule has 0 aliphatic carbocycles. The van der Waals surface area contributed by atoms with Crippen LogP contribution in [0, 0.1) is 83.1 Å². The van der Waals surface area contributed by atoms with Gasteiger partial charge in [0.15, 0.2) is 0 Å². The molecule has 0 bridgehead atoms. The summed E-state index contributed by atoms with van der Waals surface area (Å²) in [7, 11) is 0. The molecule has 0 saturated carbocycles. The summed E-state index contributed by atoms with van der Waals surface area (Å²) in [4.78, 5) is 0. The van der Waals surface area contributed by atoms with Crippen molar-refractivity contribution in [3.63, 3.8) is 0 Å². The van der Waals surface area contributed by atoms with E-state index in [1.165, 1.54) is 22.3 Å². The second-order valence-corrected chi connectivity index (χ2v) is 18.3. The van der Waals surface area contributed by atoms with Gasteiger partial charge < -0.3 is 0 Å². The zero-order valence-corrected chi connectivity index (χ0v) is 30.3. The second-order valence-electron chi connectivity index (χ2n) is 11.8. The van der Waals surface area contributed by atoms with Crippen LogP contribution < -0.4 is 11.4 Å². The molecule has 4 aromatic rings. The minimum absolute atomic E-state index is 0.754. The van der Waals surface area contributed by atoms with Gasteiger partial charge in [0, 0.05) is 0 Å². The summed E-state index contributed by atoms with van der Waals surface area (Å²) in [5, 5.41) is 0. The van der Waals surface area contributed by atoms with Gasteiger partial charge in [-0.2, -0.15) is 0 Å². The van der Waals surface area contributed by atoms with Crippen LogP contribution in [0.25, 0.3) is 0 Å². The van der Waals surface area contributed by atoms with Gasteiger partial charge in [-0.1, -0.05) is 0 Å². The first kappa shape index (κ1) is 30.9. The van der Waals surface area contributed by atoms with Crippen molar-refractivity contribution in [1.29, 1.82) is 0 Å². The molecular weight excluding hydrogens is 675 g/mol. The molecule has 0 spiro atoms. The van der Waals surface area contributed by atoms with Crippen LogP contribution in [0.15, 0.2) is 48.5 Å². The molecule has 0 amide bonds. The van der Waals surface area contributed by atoms with Crippen LogP contribution >= 0.6 is 0 Å². The molecule has 0 N–H and O–H groups in total. The number of rotatable bonds is 8. The molecule has 216 valence electrons. The van der Waals surface area contributed by atoms with E-state index >= 15 is 0 Å². The molecule has 0 aromatic heterocycles. The van der Waals surface area contributed by atoms with Crippen LogP contribution in [-0.4, -0.2) is 0 Å². The Morgan fingerprint density at radius 3 is 0.585 bits per heavy atom. The Bertz CT molecular complexity index is 1280. The predicted octanol–water partition coefficient (Wildman–Crippen LogP) is 9.82. The molecule has 0 fully saturated rings. The van der Waals surface area contributed by atoms with E-state index in [1.54, 1.807) is 0 Å². The van der Waals surface area contributed by atoms with Crippen molar-refractivity contribution in [2.45, 2.75) is 83.1 Å². The molecule has 0 atom stereocenters. The van der Waals surface area contributed by atoms with Crippen LogP contribution in [0.4, 0.5) is 0 Å². The summed E-state index contributed by atoms with van der Waals surface area (Å²) >= 11 is -5.34. The zero-order chi connectivity index (χ0) is 30.2. The maximum atomic E-state index is 7.11. The number of hydrogen-bond donors (Lipinski definition) is 0. The first-order valence-corrected chi connectivity index (χ1v) is 20.1. The summed E-state index contributed by atoms with van der Waals surface area (Å²) in [6, 6.07) is 17.1. The summed E-state index contributed by atoms with van der Waals surface area (Å²) in [6.45, 7) is 25.0. The first-order chi connectivity index (χ1) is 19.2. The quantitative estimate of drug-likeness (QED) is 0.170. The summed E-state index contributed by atoms with van der Waals surface area (Å²) < 4.78 is 28.4. The van der Waals surface area contributed by atoms with Crippen LogP contribution in [0.5, 0.6) is 23.0 Å². The van der Waals surface area contributed by atoms with Crippen LogP contribution in [0.3, 0.4) is 0 Å². The molecule has 0 saturated heterocycles. The van der Waals surface area contributed by atoms with Crippen molar-refractivity contribution >= 4 is 0 Å². The Hall–Kier alpha value is -3.05. The van der Waals surface area contributed by atoms with E-state index < -0.39 is 21.7 Å². The van der Waals surface area contributed by atoms with E-state index in [2.05, 4.69) is 132 Å². The van der Waals surface area contributed by atoms with Crippen molar-refractivity contribution in [2.24, 2.45) is 0 Å². The van der Waals surface area contributed by atoms with Crippen molar-refractivity contribution in [2.75, 3.05) is 0 Å². The van der Waals surface area contributed by atoms with Gasteiger partial charge in [0.1, 0.15) is 0 Å². The summed E-state index contributed by atoms with van der Waals surface area (Å²) in [5.74, 6) is 3.02. The van der Waals surface area contributed by atoms with Gasteiger partial charge in [-0.15, -0.1) is 0 Å². The van der Waals surface area contributed by atoms with Crippen LogP contribution in [0.2, 0.25) is 0 Å². The predicted molar refractivity (Wildman–Crippen MR) is 165 cm³/mol. The van der Waals surface area contributed by atoms with Crippen molar-refractivity contribution in [3.8, 4) is 23.0 Å². The van der Waals surface area contributed by atoms with E-state index in [4.69, 9.17) is 11.4 Å². The first-order valence-electron chi connectivity index (χ1n) is 14.3. The molecule has 5 heteroatoms. The molecule has 4 rings (SSSR count). The van der Waals surface area contributed by atoms with Gasteiger partial charge >= 0.3 is 255 Å². The molecule has 0 unspecified atom stereocenters. The topological polar surface area (TPSA) is 36.9 Å². The van der Waals surface area contributed by atoms with Gasteiger partial charge in [0.25, 0.3) is 0 Å². The summed E-state index contributed by atoms with van der Waals surface area (Å²) in [5.41, 5.74) is 12.9. The van der Waals surface area contributed by atoms with Crippen molar-refractivity contribution in [3.05, 3.63) is 115 Å². The Morgan fingerprint density at radius 1 is 0.293 bits per heavy atom. The Balaban J connectivity index is 2.02. The molecule has 4 aromatic carbocycles. The third-order valence-electron chi connectivity index (χ3n) is 7.33. The zero-order valence-electron chi connectivity index (χ0n) is 26.8. The fourth-order valence-electron chi connectivity index (χ4n) is 5.94. The summed E-state index contributed by atoms with van der Waals surface area (Å²) in [6.07, 6.45) is 0. The number of benzene rings is 4. The third kappa shape index (κ3) is 6.89. The Kier molecular flexibility index (Phi) is 9.08. The minimum atomic E-state index is -5.34. The molecule has 0 aliphatic heterocycles. The monoisotopic (exact) mass is 720 g/mol. The fourth-order valence-corrected chi connectivity index (χ4v) is 15.1. The maximum absolute atomic E-state index is 7.11. The molecule has 0 heterocycles. The fraction of sp³-hybridized carbons (Fsp3) is 0.333. The van der Waals surface area contributed by atoms with Gasteiger partial charge in [-0.05, 0) is 0 Å². The molecule has 0 radical (unpaired) electrons. The van der Waals surface area contributed by atoms with E-state index in [9.17, 15) is 0 Å². The van der Waals surface area contributed by atoms with Crippen molar-refractivity contribution < 1.29 is 33.1 Å². The molecule has 41 heavy (non-hydrogen) atoms. The van der Waals surface area contributed by atoms with Gasteiger partial charge in [-0.3, -0.25) is 0 Å². The van der Waals surface area contributed by atoms with E-state index in [-0.39, 0.29) is 0 Å². The van der Waals surface area contributed by atoms with Crippen LogP contribution in [0.1, 0.15) is 66.8 Å². The average molecular weight is 719 g/mol. The van der Waals surface area contributed by atoms with Crippen LogP contribution in [-0.2, 0) is 21.7 Å². The van der Waals surface area contributed by atoms with E-state index in [1.807, 2.05) is 0 Å². The normalized spacial score (nSPS) is 11.4. The van der Waals surface area contributed by atoms with Crippen molar-refractivity contribution in [1.82, 2.24) is 0 Å².